The van der Waals surface area contributed by atoms with Gasteiger partial charge in [-0.05, 0) is 6.07 Å². The van der Waals surface area contributed by atoms with Crippen molar-refractivity contribution >= 4 is 11.4 Å². The standard InChI is InChI=1S/C8H10N3O2/c1-12-11(13-2)8-6-4-3-5-7(8)10-9/h3-6H,1-2H3/q+1. The fraction of sp³-hybridized carbons (Fsp3) is 0.250. The first-order valence-electron chi connectivity index (χ1n) is 3.66. The largest absolute Gasteiger partial charge is 0.413 e. The molecule has 0 N–H and O–H groups in total. The minimum absolute atomic E-state index is 0.381. The van der Waals surface area contributed by atoms with Crippen molar-refractivity contribution in [2.24, 2.45) is 0 Å². The van der Waals surface area contributed by atoms with Gasteiger partial charge in [-0.2, -0.15) is 0 Å². The molecule has 0 saturated carbocycles. The molecule has 5 heteroatoms. The topological polar surface area (TPSA) is 49.9 Å². The molecule has 5 nitrogen and oxygen atoms in total. The molecule has 0 aliphatic rings. The van der Waals surface area contributed by atoms with Gasteiger partial charge in [-0.3, -0.25) is 9.68 Å². The Morgan fingerprint density at radius 2 is 1.85 bits per heavy atom. The van der Waals surface area contributed by atoms with Crippen LogP contribution in [0.2, 0.25) is 0 Å². The fourth-order valence-corrected chi connectivity index (χ4v) is 0.974. The molecule has 13 heavy (non-hydrogen) atoms. The van der Waals surface area contributed by atoms with Crippen LogP contribution >= 0.6 is 0 Å². The molecule has 68 valence electrons. The van der Waals surface area contributed by atoms with Crippen LogP contribution in [0.1, 0.15) is 0 Å². The predicted molar refractivity (Wildman–Crippen MR) is 47.7 cm³/mol. The predicted octanol–water partition coefficient (Wildman–Crippen LogP) is 2.10. The SMILES string of the molecule is CON(OC)c1ccccc1[N+]#N. The monoisotopic (exact) mass is 180 g/mol. The number of hydrogen-bond acceptors (Lipinski definition) is 4. The van der Waals surface area contributed by atoms with Crippen molar-refractivity contribution in [3.05, 3.63) is 29.2 Å². The van der Waals surface area contributed by atoms with Gasteiger partial charge in [0.1, 0.15) is 0 Å². The highest BCUT2D eigenvalue weighted by atomic mass is 16.9. The first-order chi connectivity index (χ1) is 6.33. The maximum absolute atomic E-state index is 8.65. The molecule has 0 aromatic heterocycles. The number of benzene rings is 1. The molecule has 0 fully saturated rings. The molecular weight excluding hydrogens is 170 g/mol. The highest BCUT2D eigenvalue weighted by Crippen LogP contribution is 2.27. The number of para-hydroxylation sites is 1. The summed E-state index contributed by atoms with van der Waals surface area (Å²) in [6, 6.07) is 6.89. The Balaban J connectivity index is 3.05. The lowest BCUT2D eigenvalue weighted by atomic mass is 10.3. The van der Waals surface area contributed by atoms with E-state index in [0.717, 1.165) is 5.23 Å². The third-order valence-corrected chi connectivity index (χ3v) is 1.52. The average molecular weight is 180 g/mol. The quantitative estimate of drug-likeness (QED) is 0.528. The minimum atomic E-state index is 0.381. The van der Waals surface area contributed by atoms with Crippen LogP contribution in [0, 0.1) is 5.39 Å². The Bertz CT molecular complexity index is 317. The van der Waals surface area contributed by atoms with Crippen LogP contribution in [0.15, 0.2) is 24.3 Å². The van der Waals surface area contributed by atoms with Crippen molar-refractivity contribution in [2.75, 3.05) is 19.4 Å². The normalized spacial score (nSPS) is 9.31. The van der Waals surface area contributed by atoms with Crippen LogP contribution < -0.4 is 5.23 Å². The molecule has 0 spiro atoms. The van der Waals surface area contributed by atoms with E-state index in [9.17, 15) is 0 Å². The highest BCUT2D eigenvalue weighted by molar-refractivity contribution is 5.68. The zero-order valence-electron chi connectivity index (χ0n) is 7.47. The molecule has 1 rings (SSSR count). The van der Waals surface area contributed by atoms with Gasteiger partial charge < -0.3 is 0 Å². The molecular formula is C8H10N3O2+. The summed E-state index contributed by atoms with van der Waals surface area (Å²) in [5, 5.41) is 9.79. The number of nitrogens with zero attached hydrogens (tertiary/aromatic N) is 3. The molecule has 1 aromatic rings. The number of anilines is 1. The van der Waals surface area contributed by atoms with E-state index in [1.807, 2.05) is 0 Å². The highest BCUT2D eigenvalue weighted by Gasteiger charge is 2.18. The van der Waals surface area contributed by atoms with E-state index in [1.54, 1.807) is 24.3 Å². The van der Waals surface area contributed by atoms with Crippen molar-refractivity contribution in [3.63, 3.8) is 0 Å². The molecule has 0 aliphatic heterocycles. The zero-order chi connectivity index (χ0) is 9.68. The van der Waals surface area contributed by atoms with Gasteiger partial charge in [0.15, 0.2) is 10.7 Å². The van der Waals surface area contributed by atoms with Crippen molar-refractivity contribution in [1.29, 1.82) is 5.39 Å². The fourth-order valence-electron chi connectivity index (χ4n) is 0.974. The Morgan fingerprint density at radius 1 is 1.23 bits per heavy atom. The van der Waals surface area contributed by atoms with E-state index >= 15 is 0 Å². The minimum Gasteiger partial charge on any atom is -0.252 e. The summed E-state index contributed by atoms with van der Waals surface area (Å²) in [5.74, 6) is 0. The van der Waals surface area contributed by atoms with Crippen LogP contribution in [0.3, 0.4) is 0 Å². The van der Waals surface area contributed by atoms with Crippen LogP contribution in [0.5, 0.6) is 0 Å². The zero-order valence-corrected chi connectivity index (χ0v) is 7.47. The Kier molecular flexibility index (Phi) is 3.20. The summed E-state index contributed by atoms with van der Waals surface area (Å²) in [6.07, 6.45) is 0. The summed E-state index contributed by atoms with van der Waals surface area (Å²) >= 11 is 0. The first-order valence-corrected chi connectivity index (χ1v) is 3.66. The maximum Gasteiger partial charge on any atom is 0.413 e. The smallest absolute Gasteiger partial charge is 0.252 e. The molecule has 0 aliphatic carbocycles. The van der Waals surface area contributed by atoms with Crippen LogP contribution in [0.25, 0.3) is 4.98 Å². The van der Waals surface area contributed by atoms with Crippen LogP contribution in [0.4, 0.5) is 11.4 Å². The Hall–Kier alpha value is -1.64. The number of hydrogen-bond donors (Lipinski definition) is 0. The lowest BCUT2D eigenvalue weighted by molar-refractivity contribution is -0.0429. The molecule has 0 unspecified atom stereocenters. The third-order valence-electron chi connectivity index (χ3n) is 1.52. The lowest BCUT2D eigenvalue weighted by Gasteiger charge is -2.15. The summed E-state index contributed by atoms with van der Waals surface area (Å²) < 4.78 is 0. The van der Waals surface area contributed by atoms with Crippen molar-refractivity contribution < 1.29 is 9.68 Å². The van der Waals surface area contributed by atoms with Crippen molar-refractivity contribution in [3.8, 4) is 0 Å². The van der Waals surface area contributed by atoms with E-state index in [0.29, 0.717) is 11.4 Å². The van der Waals surface area contributed by atoms with Gasteiger partial charge in [0.25, 0.3) is 0 Å². The van der Waals surface area contributed by atoms with Gasteiger partial charge in [0, 0.05) is 6.07 Å². The van der Waals surface area contributed by atoms with E-state index in [2.05, 4.69) is 4.98 Å². The van der Waals surface area contributed by atoms with Gasteiger partial charge in [-0.25, -0.2) is 0 Å². The summed E-state index contributed by atoms with van der Waals surface area (Å²) in [5.41, 5.74) is 0.918. The van der Waals surface area contributed by atoms with Crippen LogP contribution in [-0.2, 0) is 9.68 Å². The van der Waals surface area contributed by atoms with E-state index < -0.39 is 0 Å². The molecule has 0 atom stereocenters. The molecule has 0 amide bonds. The van der Waals surface area contributed by atoms with Gasteiger partial charge in [0.05, 0.1) is 14.2 Å². The summed E-state index contributed by atoms with van der Waals surface area (Å²) in [7, 11) is 2.91. The molecule has 0 saturated heterocycles. The second kappa shape index (κ2) is 4.40. The average Bonchev–Trinajstić information content (AvgIpc) is 2.20. The molecule has 0 radical (unpaired) electrons. The summed E-state index contributed by atoms with van der Waals surface area (Å²) in [4.78, 5) is 12.8. The number of rotatable bonds is 3. The van der Waals surface area contributed by atoms with E-state index in [-0.39, 0.29) is 0 Å². The van der Waals surface area contributed by atoms with Gasteiger partial charge in [-0.15, -0.1) is 5.23 Å². The second-order valence-electron chi connectivity index (χ2n) is 2.21. The summed E-state index contributed by atoms with van der Waals surface area (Å²) in [6.45, 7) is 0. The molecule has 1 aromatic carbocycles. The molecule has 0 heterocycles. The Morgan fingerprint density at radius 3 is 2.38 bits per heavy atom. The lowest BCUT2D eigenvalue weighted by Crippen LogP contribution is -2.19. The molecule has 0 bridgehead atoms. The van der Waals surface area contributed by atoms with Gasteiger partial charge in [0.2, 0.25) is 5.39 Å². The first kappa shape index (κ1) is 9.45. The van der Waals surface area contributed by atoms with Crippen LogP contribution in [-0.4, -0.2) is 14.2 Å². The maximum atomic E-state index is 8.65. The third kappa shape index (κ3) is 1.93. The number of diazo groups is 1. The second-order valence-corrected chi connectivity index (χ2v) is 2.21. The van der Waals surface area contributed by atoms with Gasteiger partial charge in [-0.1, -0.05) is 12.1 Å². The van der Waals surface area contributed by atoms with Crippen molar-refractivity contribution in [2.45, 2.75) is 0 Å². The Labute approximate surface area is 76.0 Å². The van der Waals surface area contributed by atoms with E-state index in [1.165, 1.54) is 14.2 Å². The van der Waals surface area contributed by atoms with E-state index in [4.69, 9.17) is 15.1 Å². The van der Waals surface area contributed by atoms with Gasteiger partial charge >= 0.3 is 5.69 Å². The van der Waals surface area contributed by atoms with Crippen molar-refractivity contribution in [1.82, 2.24) is 0 Å².